The second-order valence-electron chi connectivity index (χ2n) is 5.69. The summed E-state index contributed by atoms with van der Waals surface area (Å²) in [5.74, 6) is 0.664. The Balaban J connectivity index is 2.67. The number of aromatic amines is 1. The zero-order valence-electron chi connectivity index (χ0n) is 13.7. The van der Waals surface area contributed by atoms with E-state index in [9.17, 15) is 0 Å². The van der Waals surface area contributed by atoms with Crippen molar-refractivity contribution >= 4 is 5.70 Å². The van der Waals surface area contributed by atoms with Gasteiger partial charge in [-0.25, -0.2) is 0 Å². The van der Waals surface area contributed by atoms with Gasteiger partial charge in [0, 0.05) is 17.0 Å². The molecule has 0 aliphatic carbocycles. The summed E-state index contributed by atoms with van der Waals surface area (Å²) in [6.45, 7) is 15.6. The highest BCUT2D eigenvalue weighted by atomic mass is 15.1. The second kappa shape index (κ2) is 8.03. The van der Waals surface area contributed by atoms with Gasteiger partial charge in [0.15, 0.2) is 0 Å². The second-order valence-corrected chi connectivity index (χ2v) is 5.69. The summed E-state index contributed by atoms with van der Waals surface area (Å²) in [4.78, 5) is 3.33. The van der Waals surface area contributed by atoms with Crippen LogP contribution in [-0.4, -0.2) is 11.5 Å². The number of rotatable bonds is 8. The predicted molar refractivity (Wildman–Crippen MR) is 87.1 cm³/mol. The third-order valence-corrected chi connectivity index (χ3v) is 3.90. The Bertz CT molecular complexity index is 463. The Morgan fingerprint density at radius 3 is 2.15 bits per heavy atom. The lowest BCUT2D eigenvalue weighted by molar-refractivity contribution is 0.446. The van der Waals surface area contributed by atoms with E-state index in [1.165, 1.54) is 36.9 Å². The fourth-order valence-corrected chi connectivity index (χ4v) is 2.77. The molecule has 0 spiro atoms. The number of H-pyrrole nitrogens is 1. The first-order valence-corrected chi connectivity index (χ1v) is 7.73. The molecule has 112 valence electrons. The van der Waals surface area contributed by atoms with Crippen molar-refractivity contribution in [2.24, 2.45) is 16.1 Å². The van der Waals surface area contributed by atoms with E-state index in [4.69, 9.17) is 0 Å². The van der Waals surface area contributed by atoms with Crippen LogP contribution in [0.25, 0.3) is 5.70 Å². The molecule has 3 heteroatoms. The molecule has 0 radical (unpaired) electrons. The van der Waals surface area contributed by atoms with E-state index < -0.39 is 0 Å². The Labute approximate surface area is 123 Å². The maximum absolute atomic E-state index is 4.39. The molecule has 1 rings (SSSR count). The smallest absolute Gasteiger partial charge is 0.0873 e. The van der Waals surface area contributed by atoms with Crippen molar-refractivity contribution < 1.29 is 0 Å². The summed E-state index contributed by atoms with van der Waals surface area (Å²) < 4.78 is 0. The molecule has 0 aliphatic rings. The standard InChI is InChI=1S/C17H29N3/c1-7-9-16(10-8-2)11-18-20-15(6)17-12(3)13(4)19-14(17)5/h16,19H,6-11H2,1-5H3/b20-18-. The van der Waals surface area contributed by atoms with E-state index in [1.54, 1.807) is 0 Å². The number of hydrogen-bond acceptors (Lipinski definition) is 2. The quantitative estimate of drug-likeness (QED) is 0.602. The van der Waals surface area contributed by atoms with Crippen LogP contribution in [0.1, 0.15) is 62.0 Å². The van der Waals surface area contributed by atoms with Gasteiger partial charge in [0.2, 0.25) is 0 Å². The van der Waals surface area contributed by atoms with Crippen molar-refractivity contribution in [2.45, 2.75) is 60.3 Å². The largest absolute Gasteiger partial charge is 0.362 e. The summed E-state index contributed by atoms with van der Waals surface area (Å²) in [6.07, 6.45) is 4.91. The van der Waals surface area contributed by atoms with E-state index in [1.807, 2.05) is 0 Å². The van der Waals surface area contributed by atoms with Gasteiger partial charge >= 0.3 is 0 Å². The molecule has 0 aliphatic heterocycles. The lowest BCUT2D eigenvalue weighted by Crippen LogP contribution is -2.03. The number of nitrogens with zero attached hydrogens (tertiary/aromatic N) is 2. The van der Waals surface area contributed by atoms with Crippen molar-refractivity contribution in [3.8, 4) is 0 Å². The minimum atomic E-state index is 0.664. The summed E-state index contributed by atoms with van der Waals surface area (Å²) >= 11 is 0. The summed E-state index contributed by atoms with van der Waals surface area (Å²) in [5.41, 5.74) is 5.43. The van der Waals surface area contributed by atoms with Gasteiger partial charge in [-0.3, -0.25) is 0 Å². The van der Waals surface area contributed by atoms with Crippen LogP contribution in [0.2, 0.25) is 0 Å². The molecule has 0 saturated carbocycles. The number of aryl methyl sites for hydroxylation is 2. The van der Waals surface area contributed by atoms with Crippen LogP contribution < -0.4 is 0 Å². The van der Waals surface area contributed by atoms with Gasteiger partial charge in [0.25, 0.3) is 0 Å². The van der Waals surface area contributed by atoms with Gasteiger partial charge in [0.05, 0.1) is 12.2 Å². The molecule has 0 fully saturated rings. The Morgan fingerprint density at radius 2 is 1.70 bits per heavy atom. The Hall–Kier alpha value is -1.38. The summed E-state index contributed by atoms with van der Waals surface area (Å²) in [6, 6.07) is 0. The lowest BCUT2D eigenvalue weighted by atomic mass is 9.99. The molecule has 1 N–H and O–H groups in total. The van der Waals surface area contributed by atoms with Crippen LogP contribution in [0.4, 0.5) is 0 Å². The zero-order valence-corrected chi connectivity index (χ0v) is 13.7. The molecule has 1 aromatic heterocycles. The maximum Gasteiger partial charge on any atom is 0.0873 e. The minimum absolute atomic E-state index is 0.664. The Morgan fingerprint density at radius 1 is 1.10 bits per heavy atom. The van der Waals surface area contributed by atoms with Gasteiger partial charge in [-0.2, -0.15) is 10.2 Å². The van der Waals surface area contributed by atoms with Crippen molar-refractivity contribution in [2.75, 3.05) is 6.54 Å². The zero-order chi connectivity index (χ0) is 15.1. The molecule has 0 aromatic carbocycles. The average Bonchev–Trinajstić information content (AvgIpc) is 2.63. The third-order valence-electron chi connectivity index (χ3n) is 3.90. The highest BCUT2D eigenvalue weighted by molar-refractivity contribution is 5.68. The summed E-state index contributed by atoms with van der Waals surface area (Å²) in [5, 5.41) is 8.73. The highest BCUT2D eigenvalue weighted by Gasteiger charge is 2.11. The van der Waals surface area contributed by atoms with Gasteiger partial charge in [-0.05, 0) is 45.1 Å². The van der Waals surface area contributed by atoms with Crippen molar-refractivity contribution in [1.82, 2.24) is 4.98 Å². The molecule has 3 nitrogen and oxygen atoms in total. The first kappa shape index (κ1) is 16.7. The topological polar surface area (TPSA) is 40.5 Å². The van der Waals surface area contributed by atoms with Crippen LogP contribution in [0.3, 0.4) is 0 Å². The first-order valence-electron chi connectivity index (χ1n) is 7.73. The molecule has 1 heterocycles. The first-order chi connectivity index (χ1) is 9.51. The van der Waals surface area contributed by atoms with Crippen LogP contribution >= 0.6 is 0 Å². The van der Waals surface area contributed by atoms with E-state index in [-0.39, 0.29) is 0 Å². The highest BCUT2D eigenvalue weighted by Crippen LogP contribution is 2.25. The average molecular weight is 275 g/mol. The van der Waals surface area contributed by atoms with E-state index in [0.29, 0.717) is 5.92 Å². The van der Waals surface area contributed by atoms with Crippen LogP contribution in [0.5, 0.6) is 0 Å². The van der Waals surface area contributed by atoms with E-state index in [2.05, 4.69) is 56.4 Å². The fraction of sp³-hybridized carbons (Fsp3) is 0.647. The maximum atomic E-state index is 4.39. The van der Waals surface area contributed by atoms with Crippen molar-refractivity contribution in [1.29, 1.82) is 0 Å². The molecule has 0 unspecified atom stereocenters. The number of azo groups is 1. The third kappa shape index (κ3) is 4.32. The molecule has 0 bridgehead atoms. The Kier molecular flexibility index (Phi) is 6.69. The normalized spacial score (nSPS) is 11.7. The van der Waals surface area contributed by atoms with Crippen LogP contribution in [0, 0.1) is 26.7 Å². The summed E-state index contributed by atoms with van der Waals surface area (Å²) in [7, 11) is 0. The predicted octanol–water partition coefficient (Wildman–Crippen LogP) is 5.58. The van der Waals surface area contributed by atoms with Crippen LogP contribution in [-0.2, 0) is 0 Å². The number of nitrogens with one attached hydrogen (secondary N) is 1. The SMILES string of the molecule is C=C(/N=N\CC(CCC)CCC)c1c(C)[nH]c(C)c1C. The molecule has 0 atom stereocenters. The van der Waals surface area contributed by atoms with Gasteiger partial charge < -0.3 is 4.98 Å². The number of aromatic nitrogens is 1. The molecule has 0 amide bonds. The molecule has 0 saturated heterocycles. The molecular weight excluding hydrogens is 246 g/mol. The van der Waals surface area contributed by atoms with Crippen LogP contribution in [0.15, 0.2) is 16.8 Å². The van der Waals surface area contributed by atoms with Gasteiger partial charge in [-0.1, -0.05) is 33.3 Å². The molecule has 20 heavy (non-hydrogen) atoms. The monoisotopic (exact) mass is 275 g/mol. The fourth-order valence-electron chi connectivity index (χ4n) is 2.77. The minimum Gasteiger partial charge on any atom is -0.362 e. The number of hydrogen-bond donors (Lipinski definition) is 1. The van der Waals surface area contributed by atoms with E-state index in [0.717, 1.165) is 23.5 Å². The molecular formula is C17H29N3. The lowest BCUT2D eigenvalue weighted by Gasteiger charge is -2.11. The van der Waals surface area contributed by atoms with E-state index >= 15 is 0 Å². The van der Waals surface area contributed by atoms with Gasteiger partial charge in [-0.15, -0.1) is 0 Å². The van der Waals surface area contributed by atoms with Crippen molar-refractivity contribution in [3.05, 3.63) is 29.1 Å². The van der Waals surface area contributed by atoms with Gasteiger partial charge in [0.1, 0.15) is 0 Å². The van der Waals surface area contributed by atoms with Crippen molar-refractivity contribution in [3.63, 3.8) is 0 Å². The molecule has 1 aromatic rings.